The third kappa shape index (κ3) is 3.35. The van der Waals surface area contributed by atoms with E-state index in [1.54, 1.807) is 6.07 Å². The maximum Gasteiger partial charge on any atom is 0.209 e. The van der Waals surface area contributed by atoms with Crippen LogP contribution in [0.25, 0.3) is 10.2 Å². The van der Waals surface area contributed by atoms with Gasteiger partial charge in [0.1, 0.15) is 5.52 Å². The molecule has 19 heavy (non-hydrogen) atoms. The number of methoxy groups -OCH3 is 1. The highest BCUT2D eigenvalue weighted by molar-refractivity contribution is 7.18. The molecular formula is C14H20FNO2S. The first-order valence-electron chi connectivity index (χ1n) is 6.33. The summed E-state index contributed by atoms with van der Waals surface area (Å²) in [7, 11) is 1.44. The summed E-state index contributed by atoms with van der Waals surface area (Å²) in [5.74, 6) is -0.116. The normalized spacial score (nSPS) is 10.3. The topological polar surface area (TPSA) is 31.4 Å². The molecule has 0 radical (unpaired) electrons. The fourth-order valence-electron chi connectivity index (χ4n) is 1.59. The molecule has 0 bridgehead atoms. The number of rotatable bonds is 3. The molecule has 2 rings (SSSR count). The minimum Gasteiger partial charge on any atom is -0.493 e. The second-order valence-electron chi connectivity index (χ2n) is 3.97. The molecule has 1 heterocycles. The molecular weight excluding hydrogens is 265 g/mol. The van der Waals surface area contributed by atoms with Crippen LogP contribution >= 0.6 is 11.3 Å². The number of hydrogen-bond acceptors (Lipinski definition) is 4. The van der Waals surface area contributed by atoms with Gasteiger partial charge in [0.25, 0.3) is 0 Å². The van der Waals surface area contributed by atoms with Crippen LogP contribution in [-0.4, -0.2) is 18.2 Å². The zero-order valence-electron chi connectivity index (χ0n) is 12.2. The van der Waals surface area contributed by atoms with Crippen molar-refractivity contribution in [2.45, 2.75) is 40.7 Å². The summed E-state index contributed by atoms with van der Waals surface area (Å²) in [6, 6.07) is 1.66. The van der Waals surface area contributed by atoms with Gasteiger partial charge in [-0.2, -0.15) is 4.39 Å². The van der Waals surface area contributed by atoms with Crippen LogP contribution in [0.1, 0.15) is 32.7 Å². The molecule has 0 aliphatic carbocycles. The first kappa shape index (κ1) is 15.7. The molecule has 0 saturated heterocycles. The van der Waals surface area contributed by atoms with Crippen LogP contribution in [0, 0.1) is 12.7 Å². The fourth-order valence-corrected chi connectivity index (χ4v) is 2.45. The first-order chi connectivity index (χ1) is 9.02. The summed E-state index contributed by atoms with van der Waals surface area (Å²) in [6.45, 7) is 9.59. The van der Waals surface area contributed by atoms with E-state index in [1.807, 2.05) is 34.6 Å². The van der Waals surface area contributed by atoms with Crippen LogP contribution in [0.3, 0.4) is 0 Å². The van der Waals surface area contributed by atoms with E-state index in [4.69, 9.17) is 9.47 Å². The highest BCUT2D eigenvalue weighted by atomic mass is 32.1. The standard InChI is InChI=1S/C12H14FNO2S.C2H6/c1-6(2)16-12-10(13)8(15-4)5-9-11(12)14-7(3)17-9;1-2/h5-6H,1-4H3;1-2H3. The lowest BCUT2D eigenvalue weighted by Gasteiger charge is -2.13. The van der Waals surface area contributed by atoms with Gasteiger partial charge in [0.05, 0.1) is 22.9 Å². The first-order valence-corrected chi connectivity index (χ1v) is 7.15. The predicted molar refractivity (Wildman–Crippen MR) is 78.0 cm³/mol. The average molecular weight is 285 g/mol. The van der Waals surface area contributed by atoms with Gasteiger partial charge in [0.15, 0.2) is 11.5 Å². The van der Waals surface area contributed by atoms with Gasteiger partial charge in [-0.25, -0.2) is 4.98 Å². The molecule has 0 aliphatic rings. The second-order valence-corrected chi connectivity index (χ2v) is 5.20. The Labute approximate surface area is 117 Å². The van der Waals surface area contributed by atoms with Crippen molar-refractivity contribution in [1.29, 1.82) is 0 Å². The van der Waals surface area contributed by atoms with Crippen molar-refractivity contribution in [3.63, 3.8) is 0 Å². The lowest BCUT2D eigenvalue weighted by molar-refractivity contribution is 0.230. The third-order valence-electron chi connectivity index (χ3n) is 2.23. The fraction of sp³-hybridized carbons (Fsp3) is 0.500. The maximum absolute atomic E-state index is 14.1. The number of nitrogens with zero attached hydrogens (tertiary/aromatic N) is 1. The van der Waals surface area contributed by atoms with Crippen molar-refractivity contribution in [2.24, 2.45) is 0 Å². The van der Waals surface area contributed by atoms with E-state index < -0.39 is 5.82 Å². The smallest absolute Gasteiger partial charge is 0.209 e. The van der Waals surface area contributed by atoms with Crippen LogP contribution in [0.4, 0.5) is 4.39 Å². The largest absolute Gasteiger partial charge is 0.493 e. The van der Waals surface area contributed by atoms with Crippen molar-refractivity contribution in [2.75, 3.05) is 7.11 Å². The summed E-state index contributed by atoms with van der Waals surface area (Å²) in [4.78, 5) is 4.30. The number of aryl methyl sites for hydroxylation is 1. The number of ether oxygens (including phenoxy) is 2. The van der Waals surface area contributed by atoms with E-state index in [1.165, 1.54) is 18.4 Å². The average Bonchev–Trinajstić information content (AvgIpc) is 2.75. The van der Waals surface area contributed by atoms with E-state index >= 15 is 0 Å². The molecule has 106 valence electrons. The molecule has 0 spiro atoms. The zero-order valence-corrected chi connectivity index (χ0v) is 13.0. The van der Waals surface area contributed by atoms with Crippen molar-refractivity contribution < 1.29 is 13.9 Å². The molecule has 1 aromatic carbocycles. The summed E-state index contributed by atoms with van der Waals surface area (Å²) in [6.07, 6.45) is -0.109. The molecule has 3 nitrogen and oxygen atoms in total. The Kier molecular flexibility index (Phi) is 5.54. The summed E-state index contributed by atoms with van der Waals surface area (Å²) >= 11 is 1.49. The van der Waals surface area contributed by atoms with Crippen molar-refractivity contribution in [1.82, 2.24) is 4.98 Å². The number of hydrogen-bond donors (Lipinski definition) is 0. The molecule has 2 aromatic rings. The van der Waals surface area contributed by atoms with Gasteiger partial charge in [-0.15, -0.1) is 11.3 Å². The summed E-state index contributed by atoms with van der Waals surface area (Å²) in [5, 5.41) is 0.876. The van der Waals surface area contributed by atoms with E-state index in [0.717, 1.165) is 9.71 Å². The number of fused-ring (bicyclic) bond motifs is 1. The number of aromatic nitrogens is 1. The predicted octanol–water partition coefficient (Wildman–Crippen LogP) is 4.57. The molecule has 0 aliphatic heterocycles. The number of benzene rings is 1. The van der Waals surface area contributed by atoms with Crippen LogP contribution in [0.2, 0.25) is 0 Å². The van der Waals surface area contributed by atoms with Gasteiger partial charge in [-0.3, -0.25) is 0 Å². The van der Waals surface area contributed by atoms with Crippen LogP contribution in [0.5, 0.6) is 11.5 Å². The van der Waals surface area contributed by atoms with E-state index in [9.17, 15) is 4.39 Å². The van der Waals surface area contributed by atoms with Crippen LogP contribution in [-0.2, 0) is 0 Å². The monoisotopic (exact) mass is 285 g/mol. The Bertz CT molecular complexity index is 552. The summed E-state index contributed by atoms with van der Waals surface area (Å²) < 4.78 is 25.5. The minimum atomic E-state index is -0.487. The Morgan fingerprint density at radius 1 is 1.32 bits per heavy atom. The quantitative estimate of drug-likeness (QED) is 0.828. The van der Waals surface area contributed by atoms with Gasteiger partial charge in [0.2, 0.25) is 5.82 Å². The molecule has 0 N–H and O–H groups in total. The Balaban J connectivity index is 0.000000861. The number of thiazole rings is 1. The van der Waals surface area contributed by atoms with E-state index in [-0.39, 0.29) is 17.6 Å². The lowest BCUT2D eigenvalue weighted by atomic mass is 10.2. The highest BCUT2D eigenvalue weighted by Gasteiger charge is 2.19. The molecule has 0 unspecified atom stereocenters. The lowest BCUT2D eigenvalue weighted by Crippen LogP contribution is -2.08. The van der Waals surface area contributed by atoms with Gasteiger partial charge >= 0.3 is 0 Å². The Hall–Kier alpha value is -1.36. The number of halogens is 1. The van der Waals surface area contributed by atoms with Crippen molar-refractivity contribution >= 4 is 21.6 Å². The molecule has 0 saturated carbocycles. The third-order valence-corrected chi connectivity index (χ3v) is 3.14. The van der Waals surface area contributed by atoms with Gasteiger partial charge in [0, 0.05) is 6.07 Å². The Morgan fingerprint density at radius 3 is 2.47 bits per heavy atom. The molecule has 5 heteroatoms. The molecule has 0 atom stereocenters. The van der Waals surface area contributed by atoms with Gasteiger partial charge in [-0.1, -0.05) is 13.8 Å². The summed E-state index contributed by atoms with van der Waals surface area (Å²) in [5.41, 5.74) is 0.569. The van der Waals surface area contributed by atoms with Crippen molar-refractivity contribution in [3.8, 4) is 11.5 Å². The Morgan fingerprint density at radius 2 is 1.95 bits per heavy atom. The van der Waals surface area contributed by atoms with Crippen LogP contribution < -0.4 is 9.47 Å². The van der Waals surface area contributed by atoms with Crippen molar-refractivity contribution in [3.05, 3.63) is 16.9 Å². The highest BCUT2D eigenvalue weighted by Crippen LogP contribution is 2.38. The zero-order chi connectivity index (χ0) is 14.6. The van der Waals surface area contributed by atoms with Gasteiger partial charge < -0.3 is 9.47 Å². The maximum atomic E-state index is 14.1. The molecule has 0 fully saturated rings. The van der Waals surface area contributed by atoms with Gasteiger partial charge in [-0.05, 0) is 20.8 Å². The van der Waals surface area contributed by atoms with Crippen LogP contribution in [0.15, 0.2) is 6.07 Å². The minimum absolute atomic E-state index is 0.109. The SMILES string of the molecule is CC.COc1cc2sc(C)nc2c(OC(C)C)c1F. The second kappa shape index (κ2) is 6.70. The van der Waals surface area contributed by atoms with E-state index in [0.29, 0.717) is 5.52 Å². The molecule has 1 aromatic heterocycles. The molecule has 0 amide bonds. The van der Waals surface area contributed by atoms with E-state index in [2.05, 4.69) is 4.98 Å².